The van der Waals surface area contributed by atoms with Gasteiger partial charge in [0.1, 0.15) is 11.4 Å². The monoisotopic (exact) mass is 498 g/mol. The van der Waals surface area contributed by atoms with Crippen LogP contribution in [-0.2, 0) is 16.9 Å². The van der Waals surface area contributed by atoms with E-state index in [-0.39, 0.29) is 48.4 Å². The van der Waals surface area contributed by atoms with Gasteiger partial charge in [0.2, 0.25) is 5.76 Å². The van der Waals surface area contributed by atoms with E-state index in [0.29, 0.717) is 11.3 Å². The van der Waals surface area contributed by atoms with Crippen molar-refractivity contribution in [3.63, 3.8) is 0 Å². The van der Waals surface area contributed by atoms with Gasteiger partial charge in [-0.2, -0.15) is 0 Å². The summed E-state index contributed by atoms with van der Waals surface area (Å²) in [7, 11) is 0. The van der Waals surface area contributed by atoms with Crippen LogP contribution in [0.5, 0.6) is 0 Å². The number of aliphatic hydroxyl groups is 1. The SMILES string of the molecule is Cc1ccccc1CN1C(=O)C2(c3ccccc31)c1c(oc3ccc(F)cc3c1=O)C(=O)N2CCCO. The van der Waals surface area contributed by atoms with Crippen molar-refractivity contribution in [3.05, 3.63) is 111 Å². The average molecular weight is 499 g/mol. The summed E-state index contributed by atoms with van der Waals surface area (Å²) in [5, 5.41) is 9.53. The lowest BCUT2D eigenvalue weighted by molar-refractivity contribution is -0.126. The molecule has 2 aliphatic rings. The number of hydrogen-bond acceptors (Lipinski definition) is 5. The largest absolute Gasteiger partial charge is 0.450 e. The van der Waals surface area contributed by atoms with E-state index in [1.54, 1.807) is 29.2 Å². The van der Waals surface area contributed by atoms with Crippen molar-refractivity contribution in [2.45, 2.75) is 25.4 Å². The molecule has 0 radical (unpaired) electrons. The molecule has 1 unspecified atom stereocenters. The van der Waals surface area contributed by atoms with Crippen LogP contribution in [0.25, 0.3) is 11.0 Å². The number of rotatable bonds is 5. The molecular formula is C29H23FN2O5. The average Bonchev–Trinajstić information content (AvgIpc) is 3.29. The van der Waals surface area contributed by atoms with Gasteiger partial charge in [-0.05, 0) is 48.7 Å². The van der Waals surface area contributed by atoms with E-state index in [1.165, 1.54) is 11.0 Å². The number of hydrogen-bond donors (Lipinski definition) is 1. The highest BCUT2D eigenvalue weighted by Gasteiger charge is 2.64. The molecule has 3 aromatic carbocycles. The predicted molar refractivity (Wildman–Crippen MR) is 135 cm³/mol. The molecule has 8 heteroatoms. The Morgan fingerprint density at radius 1 is 1.00 bits per heavy atom. The van der Waals surface area contributed by atoms with Gasteiger partial charge in [0.25, 0.3) is 11.8 Å². The number of amides is 2. The van der Waals surface area contributed by atoms with E-state index in [4.69, 9.17) is 4.42 Å². The number of fused-ring (bicyclic) bond motifs is 5. The number of nitrogens with zero attached hydrogens (tertiary/aromatic N) is 2. The third-order valence-corrected chi connectivity index (χ3v) is 7.33. The highest BCUT2D eigenvalue weighted by atomic mass is 19.1. The topological polar surface area (TPSA) is 91.1 Å². The fourth-order valence-electron chi connectivity index (χ4n) is 5.61. The summed E-state index contributed by atoms with van der Waals surface area (Å²) in [6.07, 6.45) is 0.192. The zero-order valence-corrected chi connectivity index (χ0v) is 20.0. The number of anilines is 1. The predicted octanol–water partition coefficient (Wildman–Crippen LogP) is 3.87. The van der Waals surface area contributed by atoms with E-state index in [2.05, 4.69) is 0 Å². The van der Waals surface area contributed by atoms with Crippen molar-refractivity contribution >= 4 is 28.5 Å². The van der Waals surface area contributed by atoms with Crippen LogP contribution in [0.1, 0.15) is 39.2 Å². The van der Waals surface area contributed by atoms with Crippen molar-refractivity contribution in [1.29, 1.82) is 0 Å². The molecule has 186 valence electrons. The molecule has 6 rings (SSSR count). The van der Waals surface area contributed by atoms with Crippen LogP contribution in [0.4, 0.5) is 10.1 Å². The molecule has 0 aliphatic carbocycles. The highest BCUT2D eigenvalue weighted by molar-refractivity contribution is 6.17. The van der Waals surface area contributed by atoms with Crippen molar-refractivity contribution in [2.24, 2.45) is 0 Å². The Balaban J connectivity index is 1.66. The zero-order chi connectivity index (χ0) is 25.9. The standard InChI is InChI=1S/C29H23FN2O5/c1-17-7-2-3-8-18(17)16-31-22-10-5-4-9-21(22)29(28(31)36)24-25(34)20-15-19(30)11-12-23(20)37-26(24)27(35)32(29)13-6-14-33/h2-5,7-12,15,33H,6,13-14,16H2,1H3. The number of halogens is 1. The van der Waals surface area contributed by atoms with E-state index in [9.17, 15) is 23.9 Å². The van der Waals surface area contributed by atoms with Gasteiger partial charge in [0, 0.05) is 18.7 Å². The van der Waals surface area contributed by atoms with E-state index in [0.717, 1.165) is 23.3 Å². The van der Waals surface area contributed by atoms with E-state index < -0.39 is 28.6 Å². The summed E-state index contributed by atoms with van der Waals surface area (Å²) in [5.41, 5.74) is 0.493. The highest BCUT2D eigenvalue weighted by Crippen LogP contribution is 2.53. The van der Waals surface area contributed by atoms with Gasteiger partial charge >= 0.3 is 0 Å². The molecule has 2 aliphatic heterocycles. The molecule has 3 heterocycles. The molecule has 1 spiro atoms. The van der Waals surface area contributed by atoms with Gasteiger partial charge < -0.3 is 19.3 Å². The Morgan fingerprint density at radius 2 is 1.76 bits per heavy atom. The van der Waals surface area contributed by atoms with Gasteiger partial charge in [-0.1, -0.05) is 42.5 Å². The van der Waals surface area contributed by atoms with E-state index >= 15 is 0 Å². The third-order valence-electron chi connectivity index (χ3n) is 7.33. The van der Waals surface area contributed by atoms with Crippen molar-refractivity contribution in [2.75, 3.05) is 18.1 Å². The van der Waals surface area contributed by atoms with Crippen LogP contribution in [0.15, 0.2) is 75.9 Å². The Labute approximate surface area is 211 Å². The summed E-state index contributed by atoms with van der Waals surface area (Å²) < 4.78 is 20.0. The number of benzene rings is 3. The molecule has 1 N–H and O–H groups in total. The Hall–Kier alpha value is -4.30. The second kappa shape index (κ2) is 8.38. The summed E-state index contributed by atoms with van der Waals surface area (Å²) >= 11 is 0. The molecule has 2 amide bonds. The number of aryl methyl sites for hydroxylation is 1. The number of aliphatic hydroxyl groups excluding tert-OH is 1. The first-order valence-corrected chi connectivity index (χ1v) is 12.0. The van der Waals surface area contributed by atoms with Crippen molar-refractivity contribution < 1.29 is 23.5 Å². The summed E-state index contributed by atoms with van der Waals surface area (Å²) in [4.78, 5) is 45.2. The first-order chi connectivity index (χ1) is 17.9. The minimum Gasteiger partial charge on any atom is -0.450 e. The summed E-state index contributed by atoms with van der Waals surface area (Å²) in [6, 6.07) is 18.3. The lowest BCUT2D eigenvalue weighted by Crippen LogP contribution is -2.53. The van der Waals surface area contributed by atoms with Gasteiger partial charge in [0.05, 0.1) is 23.2 Å². The molecule has 0 bridgehead atoms. The van der Waals surface area contributed by atoms with Crippen LogP contribution in [-0.4, -0.2) is 35.0 Å². The molecule has 4 aromatic rings. The molecule has 0 saturated carbocycles. The smallest absolute Gasteiger partial charge is 0.291 e. The minimum atomic E-state index is -1.79. The van der Waals surface area contributed by atoms with Crippen molar-refractivity contribution in [3.8, 4) is 0 Å². The molecule has 1 aromatic heterocycles. The maximum Gasteiger partial charge on any atom is 0.291 e. The lowest BCUT2D eigenvalue weighted by Gasteiger charge is -2.34. The molecule has 37 heavy (non-hydrogen) atoms. The molecule has 0 fully saturated rings. The molecular weight excluding hydrogens is 475 g/mol. The maximum atomic E-state index is 14.6. The Morgan fingerprint density at radius 3 is 2.54 bits per heavy atom. The Kier molecular flexibility index (Phi) is 5.24. The first-order valence-electron chi connectivity index (χ1n) is 12.0. The van der Waals surface area contributed by atoms with Gasteiger partial charge in [-0.3, -0.25) is 14.4 Å². The Bertz CT molecular complexity index is 1660. The molecule has 0 saturated heterocycles. The van der Waals surface area contributed by atoms with Crippen LogP contribution in [0, 0.1) is 12.7 Å². The normalized spacial score (nSPS) is 18.2. The molecule has 7 nitrogen and oxygen atoms in total. The number of carbonyl (C=O) groups excluding carboxylic acids is 2. The lowest BCUT2D eigenvalue weighted by atomic mass is 9.84. The number of para-hydroxylation sites is 1. The van der Waals surface area contributed by atoms with Crippen molar-refractivity contribution in [1.82, 2.24) is 4.90 Å². The summed E-state index contributed by atoms with van der Waals surface area (Å²) in [5.74, 6) is -1.95. The van der Waals surface area contributed by atoms with E-state index in [1.807, 2.05) is 31.2 Å². The minimum absolute atomic E-state index is 0.0158. The fraction of sp³-hybridized carbons (Fsp3) is 0.207. The van der Waals surface area contributed by atoms with Gasteiger partial charge in [-0.25, -0.2) is 4.39 Å². The maximum absolute atomic E-state index is 14.6. The number of carbonyl (C=O) groups is 2. The fourth-order valence-corrected chi connectivity index (χ4v) is 5.61. The van der Waals surface area contributed by atoms with Crippen LogP contribution in [0.3, 0.4) is 0 Å². The summed E-state index contributed by atoms with van der Waals surface area (Å²) in [6.45, 7) is 1.99. The third kappa shape index (κ3) is 3.12. The van der Waals surface area contributed by atoms with Crippen LogP contribution in [0.2, 0.25) is 0 Å². The van der Waals surface area contributed by atoms with Gasteiger partial charge in [0.15, 0.2) is 11.0 Å². The quantitative estimate of drug-likeness (QED) is 0.451. The second-order valence-corrected chi connectivity index (χ2v) is 9.36. The zero-order valence-electron chi connectivity index (χ0n) is 20.0. The van der Waals surface area contributed by atoms with Crippen LogP contribution < -0.4 is 10.3 Å². The van der Waals surface area contributed by atoms with Gasteiger partial charge in [-0.15, -0.1) is 0 Å². The van der Waals surface area contributed by atoms with Crippen LogP contribution >= 0.6 is 0 Å². The molecule has 1 atom stereocenters. The first kappa shape index (κ1) is 23.1. The second-order valence-electron chi connectivity index (χ2n) is 9.36.